The number of nitrogens with one attached hydrogen (secondary N) is 1. The second-order valence-electron chi connectivity index (χ2n) is 8.02. The first kappa shape index (κ1) is 22.0. The number of phenols is 1. The van der Waals surface area contributed by atoms with Crippen LogP contribution in [0.3, 0.4) is 0 Å². The quantitative estimate of drug-likeness (QED) is 0.440. The van der Waals surface area contributed by atoms with Crippen molar-refractivity contribution in [3.8, 4) is 5.75 Å². The van der Waals surface area contributed by atoms with Crippen LogP contribution in [0.1, 0.15) is 23.6 Å². The van der Waals surface area contributed by atoms with Crippen LogP contribution >= 0.6 is 22.6 Å². The lowest BCUT2D eigenvalue weighted by Gasteiger charge is -2.50. The molecule has 2 aliphatic rings. The number of carbonyl (C=O) groups excluding carboxylic acids is 2. The first-order valence-corrected chi connectivity index (χ1v) is 12.0. The fourth-order valence-corrected chi connectivity index (χ4v) is 4.78. The molecule has 0 unspecified atom stereocenters. The van der Waals surface area contributed by atoms with Gasteiger partial charge in [-0.1, -0.05) is 65.9 Å². The third kappa shape index (κ3) is 4.86. The second kappa shape index (κ2) is 9.54. The number of aromatic hydroxyl groups is 1. The van der Waals surface area contributed by atoms with Crippen molar-refractivity contribution >= 4 is 34.4 Å². The number of carbonyl (C=O) groups is 2. The van der Waals surface area contributed by atoms with E-state index in [-0.39, 0.29) is 30.3 Å². The van der Waals surface area contributed by atoms with Gasteiger partial charge in [0.15, 0.2) is 0 Å². The zero-order chi connectivity index (χ0) is 22.0. The van der Waals surface area contributed by atoms with E-state index in [9.17, 15) is 14.7 Å². The number of halogens is 1. The molecule has 4 rings (SSSR count). The van der Waals surface area contributed by atoms with Crippen LogP contribution in [0.25, 0.3) is 0 Å². The van der Waals surface area contributed by atoms with E-state index in [1.165, 1.54) is 5.56 Å². The van der Waals surface area contributed by atoms with E-state index in [1.807, 2.05) is 29.0 Å². The molecule has 31 heavy (non-hydrogen) atoms. The standard InChI is InChI=1S/C23H27IN4O3/c1-2-27-15-22(30)28-20(11-16-6-8-19(29)9-7-16)23(31)26(14-21(28)25-27)13-18-5-3-4-17(10-18)12-24/h3-10,20-21,25,29H,2,11-15H2,1H3/t20-,21+/m0/s1. The first-order valence-electron chi connectivity index (χ1n) is 10.5. The van der Waals surface area contributed by atoms with E-state index < -0.39 is 6.04 Å². The smallest absolute Gasteiger partial charge is 0.246 e. The van der Waals surface area contributed by atoms with Gasteiger partial charge in [0.25, 0.3) is 0 Å². The molecule has 0 aromatic heterocycles. The molecule has 0 aliphatic carbocycles. The first-order chi connectivity index (χ1) is 15.0. The van der Waals surface area contributed by atoms with Crippen LogP contribution in [0.15, 0.2) is 48.5 Å². The number of piperazine rings is 1. The molecule has 0 radical (unpaired) electrons. The zero-order valence-electron chi connectivity index (χ0n) is 17.5. The van der Waals surface area contributed by atoms with E-state index in [4.69, 9.17) is 0 Å². The Balaban J connectivity index is 1.62. The van der Waals surface area contributed by atoms with Gasteiger partial charge in [0, 0.05) is 23.9 Å². The van der Waals surface area contributed by atoms with Crippen molar-refractivity contribution in [3.05, 3.63) is 65.2 Å². The number of fused-ring (bicyclic) bond motifs is 1. The molecule has 0 bridgehead atoms. The third-order valence-corrected chi connectivity index (χ3v) is 6.75. The highest BCUT2D eigenvalue weighted by atomic mass is 127. The summed E-state index contributed by atoms with van der Waals surface area (Å²) in [5.74, 6) is 0.112. The van der Waals surface area contributed by atoms with E-state index in [0.29, 0.717) is 26.1 Å². The summed E-state index contributed by atoms with van der Waals surface area (Å²) in [6.07, 6.45) is 0.160. The molecule has 2 atom stereocenters. The topological polar surface area (TPSA) is 76.1 Å². The molecule has 2 heterocycles. The molecule has 8 heteroatoms. The summed E-state index contributed by atoms with van der Waals surface area (Å²) in [6.45, 7) is 3.93. The molecule has 2 aromatic rings. The summed E-state index contributed by atoms with van der Waals surface area (Å²) in [7, 11) is 0. The lowest BCUT2D eigenvalue weighted by Crippen LogP contribution is -2.74. The largest absolute Gasteiger partial charge is 0.508 e. The van der Waals surface area contributed by atoms with Crippen LogP contribution in [0, 0.1) is 0 Å². The average molecular weight is 534 g/mol. The number of phenolic OH excluding ortho intramolecular Hbond substituents is 1. The summed E-state index contributed by atoms with van der Waals surface area (Å²) in [6, 6.07) is 14.6. The van der Waals surface area contributed by atoms with Gasteiger partial charge < -0.3 is 14.9 Å². The maximum Gasteiger partial charge on any atom is 0.246 e. The number of nitrogens with zero attached hydrogens (tertiary/aromatic N) is 3. The lowest BCUT2D eigenvalue weighted by molar-refractivity contribution is -0.168. The Morgan fingerprint density at radius 1 is 1.10 bits per heavy atom. The van der Waals surface area contributed by atoms with Crippen molar-refractivity contribution in [2.24, 2.45) is 0 Å². The fraction of sp³-hybridized carbons (Fsp3) is 0.391. The van der Waals surface area contributed by atoms with Crippen molar-refractivity contribution in [2.45, 2.75) is 36.5 Å². The van der Waals surface area contributed by atoms with E-state index in [1.54, 1.807) is 29.2 Å². The monoisotopic (exact) mass is 534 g/mol. The van der Waals surface area contributed by atoms with Gasteiger partial charge in [-0.25, -0.2) is 10.4 Å². The molecule has 0 spiro atoms. The van der Waals surface area contributed by atoms with Crippen molar-refractivity contribution in [2.75, 3.05) is 19.6 Å². The minimum Gasteiger partial charge on any atom is -0.508 e. The highest BCUT2D eigenvalue weighted by molar-refractivity contribution is 14.1. The van der Waals surface area contributed by atoms with Crippen LogP contribution in [0.2, 0.25) is 0 Å². The molecule has 2 aromatic carbocycles. The highest BCUT2D eigenvalue weighted by Gasteiger charge is 2.45. The minimum absolute atomic E-state index is 0.0331. The molecule has 2 fully saturated rings. The van der Waals surface area contributed by atoms with Crippen LogP contribution < -0.4 is 5.43 Å². The van der Waals surface area contributed by atoms with Crippen LogP contribution in [-0.4, -0.2) is 63.6 Å². The van der Waals surface area contributed by atoms with Crippen LogP contribution in [0.5, 0.6) is 5.75 Å². The maximum atomic E-state index is 13.5. The Bertz CT molecular complexity index is 952. The van der Waals surface area contributed by atoms with E-state index in [0.717, 1.165) is 15.6 Å². The van der Waals surface area contributed by atoms with Crippen molar-refractivity contribution in [3.63, 3.8) is 0 Å². The highest BCUT2D eigenvalue weighted by Crippen LogP contribution is 2.25. The fourth-order valence-electron chi connectivity index (χ4n) is 4.30. The van der Waals surface area contributed by atoms with Crippen molar-refractivity contribution in [1.29, 1.82) is 0 Å². The zero-order valence-corrected chi connectivity index (χ0v) is 19.7. The Morgan fingerprint density at radius 3 is 2.55 bits per heavy atom. The summed E-state index contributed by atoms with van der Waals surface area (Å²) < 4.78 is 0.918. The number of hydrogen-bond acceptors (Lipinski definition) is 5. The average Bonchev–Trinajstić information content (AvgIpc) is 2.77. The number of hydrogen-bond donors (Lipinski definition) is 2. The number of hydrazine groups is 1. The summed E-state index contributed by atoms with van der Waals surface area (Å²) in [4.78, 5) is 30.1. The Kier molecular flexibility index (Phi) is 6.78. The predicted octanol–water partition coefficient (Wildman–Crippen LogP) is 2.28. The van der Waals surface area contributed by atoms with Crippen LogP contribution in [-0.2, 0) is 27.0 Å². The molecule has 2 amide bonds. The van der Waals surface area contributed by atoms with Gasteiger partial charge in [0.05, 0.1) is 13.1 Å². The normalized spacial score (nSPS) is 22.0. The molecular weight excluding hydrogens is 507 g/mol. The van der Waals surface area contributed by atoms with Gasteiger partial charge in [-0.15, -0.1) is 0 Å². The van der Waals surface area contributed by atoms with E-state index >= 15 is 0 Å². The molecule has 2 aliphatic heterocycles. The SMILES string of the molecule is CCN1CC(=O)N2[C@H](CN(Cc3cccc(CI)c3)C(=O)[C@@H]2Cc2ccc(O)cc2)N1. The second-order valence-corrected chi connectivity index (χ2v) is 8.78. The summed E-state index contributed by atoms with van der Waals surface area (Å²) >= 11 is 2.34. The number of alkyl halides is 1. The Labute approximate surface area is 196 Å². The number of amides is 2. The molecule has 2 saturated heterocycles. The third-order valence-electron chi connectivity index (χ3n) is 5.87. The Morgan fingerprint density at radius 2 is 1.84 bits per heavy atom. The molecule has 164 valence electrons. The van der Waals surface area contributed by atoms with Gasteiger partial charge in [0.2, 0.25) is 11.8 Å². The number of benzene rings is 2. The van der Waals surface area contributed by atoms with Gasteiger partial charge in [0.1, 0.15) is 18.0 Å². The molecular formula is C23H27IN4O3. The summed E-state index contributed by atoms with van der Waals surface area (Å²) in [5, 5.41) is 11.5. The Hall–Kier alpha value is -2.17. The van der Waals surface area contributed by atoms with Crippen LogP contribution in [0.4, 0.5) is 0 Å². The maximum absolute atomic E-state index is 13.5. The van der Waals surface area contributed by atoms with Gasteiger partial charge in [-0.2, -0.15) is 0 Å². The van der Waals surface area contributed by atoms with Gasteiger partial charge in [-0.3, -0.25) is 9.59 Å². The summed E-state index contributed by atoms with van der Waals surface area (Å²) in [5.41, 5.74) is 6.66. The molecule has 2 N–H and O–H groups in total. The van der Waals surface area contributed by atoms with Gasteiger partial charge >= 0.3 is 0 Å². The lowest BCUT2D eigenvalue weighted by atomic mass is 9.98. The predicted molar refractivity (Wildman–Crippen MR) is 126 cm³/mol. The number of likely N-dealkylation sites (N-methyl/N-ethyl adjacent to an activating group) is 1. The van der Waals surface area contributed by atoms with Crippen molar-refractivity contribution in [1.82, 2.24) is 20.2 Å². The van der Waals surface area contributed by atoms with Gasteiger partial charge in [-0.05, 0) is 28.8 Å². The number of rotatable bonds is 6. The minimum atomic E-state index is -0.574. The molecule has 0 saturated carbocycles. The van der Waals surface area contributed by atoms with E-state index in [2.05, 4.69) is 40.1 Å². The van der Waals surface area contributed by atoms with Crippen molar-refractivity contribution < 1.29 is 14.7 Å². The molecule has 7 nitrogen and oxygen atoms in total.